The molecular formula is C19H28N4O3S. The summed E-state index contributed by atoms with van der Waals surface area (Å²) in [7, 11) is 1.90. The van der Waals surface area contributed by atoms with Crippen LogP contribution < -0.4 is 4.90 Å². The molecule has 0 saturated carbocycles. The first-order valence-electron chi connectivity index (χ1n) is 9.38. The van der Waals surface area contributed by atoms with Gasteiger partial charge in [-0.3, -0.25) is 4.90 Å². The minimum Gasteiger partial charge on any atom is -0.464 e. The third-order valence-electron chi connectivity index (χ3n) is 5.07. The first kappa shape index (κ1) is 20.0. The summed E-state index contributed by atoms with van der Waals surface area (Å²) in [4.78, 5) is 28.3. The predicted octanol–water partition coefficient (Wildman–Crippen LogP) is 2.53. The lowest BCUT2D eigenvalue weighted by molar-refractivity contribution is -0.144. The zero-order valence-corrected chi connectivity index (χ0v) is 17.6. The van der Waals surface area contributed by atoms with Crippen LogP contribution in [0.2, 0.25) is 0 Å². The van der Waals surface area contributed by atoms with Gasteiger partial charge in [0.05, 0.1) is 31.8 Å². The number of fused-ring (bicyclic) bond motifs is 1. The molecule has 1 aliphatic rings. The van der Waals surface area contributed by atoms with Crippen molar-refractivity contribution in [1.29, 1.82) is 0 Å². The molecule has 0 radical (unpaired) electrons. The van der Waals surface area contributed by atoms with Crippen molar-refractivity contribution in [2.24, 2.45) is 0 Å². The van der Waals surface area contributed by atoms with Gasteiger partial charge >= 0.3 is 5.97 Å². The molecule has 8 heteroatoms. The number of thiophene rings is 1. The maximum absolute atomic E-state index is 12.3. The van der Waals surface area contributed by atoms with Crippen molar-refractivity contribution in [3.63, 3.8) is 0 Å². The largest absolute Gasteiger partial charge is 0.464 e. The Labute approximate surface area is 164 Å². The van der Waals surface area contributed by atoms with Crippen molar-refractivity contribution < 1.29 is 14.3 Å². The predicted molar refractivity (Wildman–Crippen MR) is 107 cm³/mol. The minimum absolute atomic E-state index is 0.244. The summed E-state index contributed by atoms with van der Waals surface area (Å²) in [5.74, 6) is 1.33. The molecule has 0 unspecified atom stereocenters. The Kier molecular flexibility index (Phi) is 6.29. The topological polar surface area (TPSA) is 67.8 Å². The molecule has 3 heterocycles. The van der Waals surface area contributed by atoms with Gasteiger partial charge in [0.15, 0.2) is 0 Å². The van der Waals surface area contributed by atoms with Crippen LogP contribution in [0.5, 0.6) is 0 Å². The Morgan fingerprint density at radius 1 is 1.33 bits per heavy atom. The van der Waals surface area contributed by atoms with E-state index in [4.69, 9.17) is 19.4 Å². The minimum atomic E-state index is -0.418. The van der Waals surface area contributed by atoms with Crippen molar-refractivity contribution in [3.05, 3.63) is 16.3 Å². The average molecular weight is 393 g/mol. The van der Waals surface area contributed by atoms with Crippen LogP contribution in [0.1, 0.15) is 30.1 Å². The molecular weight excluding hydrogens is 364 g/mol. The Balaban J connectivity index is 1.98. The Morgan fingerprint density at radius 2 is 2.04 bits per heavy atom. The number of morpholine rings is 1. The first-order chi connectivity index (χ1) is 12.9. The molecule has 1 fully saturated rings. The fraction of sp³-hybridized carbons (Fsp3) is 0.632. The third-order valence-corrected chi connectivity index (χ3v) is 6.17. The second kappa shape index (κ2) is 8.50. The van der Waals surface area contributed by atoms with Crippen LogP contribution in [0.4, 0.5) is 5.82 Å². The number of hydrogen-bond acceptors (Lipinski definition) is 8. The molecule has 3 rings (SSSR count). The lowest BCUT2D eigenvalue weighted by Crippen LogP contribution is -2.39. The fourth-order valence-electron chi connectivity index (χ4n) is 3.16. The van der Waals surface area contributed by atoms with Gasteiger partial charge in [0.2, 0.25) is 0 Å². The average Bonchev–Trinajstić information content (AvgIpc) is 2.95. The zero-order chi connectivity index (χ0) is 19.6. The maximum Gasteiger partial charge on any atom is 0.328 e. The monoisotopic (exact) mass is 392 g/mol. The van der Waals surface area contributed by atoms with Crippen molar-refractivity contribution in [2.75, 3.05) is 44.9 Å². The second-order valence-corrected chi connectivity index (χ2v) is 8.06. The highest BCUT2D eigenvalue weighted by atomic mass is 32.1. The van der Waals surface area contributed by atoms with E-state index in [1.54, 1.807) is 11.3 Å². The highest BCUT2D eigenvalue weighted by Gasteiger charge is 2.25. The van der Waals surface area contributed by atoms with Crippen LogP contribution in [0.25, 0.3) is 10.2 Å². The number of anilines is 1. The van der Waals surface area contributed by atoms with E-state index in [0.717, 1.165) is 48.2 Å². The Bertz CT molecular complexity index is 817. The summed E-state index contributed by atoms with van der Waals surface area (Å²) in [6.45, 7) is 12.2. The number of esters is 1. The number of carbonyl (C=O) groups excluding carboxylic acids is 1. The quantitative estimate of drug-likeness (QED) is 0.700. The molecule has 0 bridgehead atoms. The first-order valence-corrected chi connectivity index (χ1v) is 10.2. The zero-order valence-electron chi connectivity index (χ0n) is 16.7. The van der Waals surface area contributed by atoms with E-state index in [1.807, 2.05) is 25.8 Å². The molecule has 0 spiro atoms. The lowest BCUT2D eigenvalue weighted by Gasteiger charge is -2.28. The summed E-state index contributed by atoms with van der Waals surface area (Å²) in [6.07, 6.45) is 0. The standard InChI is InChI=1S/C19H28N4O3S/c1-6-26-19(24)13(3)22(5)17-16-12(2)14(4)27-18(16)21-15(20-17)11-23-7-9-25-10-8-23/h13H,6-11H2,1-5H3/t13-/m1/s1. The van der Waals surface area contributed by atoms with Crippen LogP contribution in [0.15, 0.2) is 0 Å². The molecule has 1 atom stereocenters. The molecule has 148 valence electrons. The van der Waals surface area contributed by atoms with Crippen molar-refractivity contribution in [2.45, 2.75) is 40.3 Å². The molecule has 7 nitrogen and oxygen atoms in total. The highest BCUT2D eigenvalue weighted by molar-refractivity contribution is 7.18. The van der Waals surface area contributed by atoms with E-state index >= 15 is 0 Å². The highest BCUT2D eigenvalue weighted by Crippen LogP contribution is 2.35. The number of nitrogens with zero attached hydrogens (tertiary/aromatic N) is 4. The maximum atomic E-state index is 12.3. The number of carbonyl (C=O) groups is 1. The summed E-state index contributed by atoms with van der Waals surface area (Å²) >= 11 is 1.68. The third kappa shape index (κ3) is 4.23. The summed E-state index contributed by atoms with van der Waals surface area (Å²) in [6, 6.07) is -0.418. The molecule has 2 aromatic rings. The Hall–Kier alpha value is -1.77. The number of aryl methyl sites for hydroxylation is 2. The number of aromatic nitrogens is 2. The number of hydrogen-bond donors (Lipinski definition) is 0. The normalized spacial score (nSPS) is 16.5. The van der Waals surface area contributed by atoms with Gasteiger partial charge in [-0.25, -0.2) is 14.8 Å². The number of ether oxygens (including phenoxy) is 2. The van der Waals surface area contributed by atoms with E-state index in [2.05, 4.69) is 18.7 Å². The summed E-state index contributed by atoms with van der Waals surface area (Å²) in [5.41, 5.74) is 1.17. The van der Waals surface area contributed by atoms with Crippen LogP contribution >= 0.6 is 11.3 Å². The van der Waals surface area contributed by atoms with E-state index in [9.17, 15) is 4.79 Å². The van der Waals surface area contributed by atoms with Gasteiger partial charge in [-0.2, -0.15) is 0 Å². The molecule has 1 saturated heterocycles. The Morgan fingerprint density at radius 3 is 2.70 bits per heavy atom. The fourth-order valence-corrected chi connectivity index (χ4v) is 4.20. The van der Waals surface area contributed by atoms with E-state index < -0.39 is 6.04 Å². The van der Waals surface area contributed by atoms with E-state index in [1.165, 1.54) is 10.4 Å². The van der Waals surface area contributed by atoms with Crippen molar-refractivity contribution >= 4 is 33.3 Å². The lowest BCUT2D eigenvalue weighted by atomic mass is 10.2. The molecule has 2 aromatic heterocycles. The SMILES string of the molecule is CCOC(=O)[C@@H](C)N(C)c1nc(CN2CCOCC2)nc2sc(C)c(C)c12. The van der Waals surface area contributed by atoms with Gasteiger partial charge in [-0.1, -0.05) is 0 Å². The van der Waals surface area contributed by atoms with E-state index in [0.29, 0.717) is 13.2 Å². The molecule has 0 aromatic carbocycles. The van der Waals surface area contributed by atoms with E-state index in [-0.39, 0.29) is 5.97 Å². The molecule has 1 aliphatic heterocycles. The molecule has 27 heavy (non-hydrogen) atoms. The van der Waals surface area contributed by atoms with Crippen LogP contribution in [-0.4, -0.2) is 66.8 Å². The molecule has 0 aliphatic carbocycles. The second-order valence-electron chi connectivity index (χ2n) is 6.85. The van der Waals surface area contributed by atoms with Gasteiger partial charge in [-0.15, -0.1) is 11.3 Å². The summed E-state index contributed by atoms with van der Waals surface area (Å²) in [5, 5.41) is 1.03. The van der Waals surface area contributed by atoms with Gasteiger partial charge in [-0.05, 0) is 33.3 Å². The van der Waals surface area contributed by atoms with Crippen molar-refractivity contribution in [1.82, 2.24) is 14.9 Å². The van der Waals surface area contributed by atoms with Crippen LogP contribution in [0.3, 0.4) is 0 Å². The molecule has 0 N–H and O–H groups in total. The smallest absolute Gasteiger partial charge is 0.328 e. The van der Waals surface area contributed by atoms with Gasteiger partial charge in [0, 0.05) is 25.0 Å². The summed E-state index contributed by atoms with van der Waals surface area (Å²) < 4.78 is 10.6. The van der Waals surface area contributed by atoms with Crippen LogP contribution in [0, 0.1) is 13.8 Å². The van der Waals surface area contributed by atoms with Crippen molar-refractivity contribution in [3.8, 4) is 0 Å². The van der Waals surface area contributed by atoms with Crippen LogP contribution in [-0.2, 0) is 20.8 Å². The van der Waals surface area contributed by atoms with Gasteiger partial charge in [0.25, 0.3) is 0 Å². The van der Waals surface area contributed by atoms with Gasteiger partial charge in [0.1, 0.15) is 22.5 Å². The number of rotatable bonds is 6. The van der Waals surface area contributed by atoms with Gasteiger partial charge < -0.3 is 14.4 Å². The molecule has 0 amide bonds. The number of likely N-dealkylation sites (N-methyl/N-ethyl adjacent to an activating group) is 1.